The van der Waals surface area contributed by atoms with Crippen LogP contribution in [0.1, 0.15) is 33.4 Å². The highest BCUT2D eigenvalue weighted by molar-refractivity contribution is 5.93. The molecule has 34 heavy (non-hydrogen) atoms. The van der Waals surface area contributed by atoms with Crippen LogP contribution in [0.2, 0.25) is 0 Å². The third-order valence-corrected chi connectivity index (χ3v) is 5.58. The smallest absolute Gasteiger partial charge is 0.263 e. The van der Waals surface area contributed by atoms with Crippen molar-refractivity contribution >= 4 is 23.5 Å². The molecule has 1 heterocycles. The molecule has 0 atom stereocenters. The number of carbonyl (C=O) groups is 2. The third-order valence-electron chi connectivity index (χ3n) is 5.58. The predicted molar refractivity (Wildman–Crippen MR) is 134 cm³/mol. The second-order valence-corrected chi connectivity index (χ2v) is 8.49. The van der Waals surface area contributed by atoms with Crippen LogP contribution in [-0.2, 0) is 9.59 Å². The van der Waals surface area contributed by atoms with Crippen molar-refractivity contribution in [1.82, 2.24) is 4.98 Å². The minimum atomic E-state index is -0.345. The maximum absolute atomic E-state index is 12.3. The Morgan fingerprint density at radius 3 is 1.44 bits per heavy atom. The van der Waals surface area contributed by atoms with Gasteiger partial charge in [0.15, 0.2) is 13.2 Å². The maximum atomic E-state index is 12.3. The summed E-state index contributed by atoms with van der Waals surface area (Å²) in [5.41, 5.74) is 6.48. The van der Waals surface area contributed by atoms with Gasteiger partial charge in [0.1, 0.15) is 23.1 Å². The van der Waals surface area contributed by atoms with Crippen molar-refractivity contribution in [1.29, 1.82) is 0 Å². The topological polar surface area (TPSA) is 89.6 Å². The fourth-order valence-corrected chi connectivity index (χ4v) is 3.40. The number of carbonyl (C=O) groups excluding carboxylic acids is 2. The summed E-state index contributed by atoms with van der Waals surface area (Å²) in [5, 5.41) is 5.38. The minimum absolute atomic E-state index is 0.148. The maximum Gasteiger partial charge on any atom is 0.263 e. The number of aromatic nitrogens is 1. The number of amides is 2. The van der Waals surface area contributed by atoms with E-state index in [4.69, 9.17) is 9.47 Å². The lowest BCUT2D eigenvalue weighted by Gasteiger charge is -2.13. The predicted octanol–water partition coefficient (Wildman–Crippen LogP) is 4.97. The van der Waals surface area contributed by atoms with Gasteiger partial charge in [-0.25, -0.2) is 4.98 Å². The van der Waals surface area contributed by atoms with E-state index in [0.29, 0.717) is 23.1 Å². The standard InChI is InChI=1S/C27H31N3O4/c1-16-10-20(5)22(12-18(16)3)33-14-26(31)29-24-8-7-9-25(28-24)30-27(32)15-34-23-13-19(4)17(2)11-21(23)6/h7-13H,14-15H2,1-6H3,(H2,28,29,30,31,32). The third kappa shape index (κ3) is 6.57. The summed E-state index contributed by atoms with van der Waals surface area (Å²) in [7, 11) is 0. The van der Waals surface area contributed by atoms with E-state index in [1.807, 2.05) is 65.8 Å². The zero-order valence-corrected chi connectivity index (χ0v) is 20.5. The summed E-state index contributed by atoms with van der Waals surface area (Å²) in [6, 6.07) is 12.9. The summed E-state index contributed by atoms with van der Waals surface area (Å²) in [5.74, 6) is 1.28. The first-order valence-electron chi connectivity index (χ1n) is 11.1. The Morgan fingerprint density at radius 2 is 1.03 bits per heavy atom. The molecule has 178 valence electrons. The van der Waals surface area contributed by atoms with E-state index in [2.05, 4.69) is 15.6 Å². The molecule has 7 heteroatoms. The number of aryl methyl sites for hydroxylation is 6. The van der Waals surface area contributed by atoms with Gasteiger partial charge < -0.3 is 20.1 Å². The van der Waals surface area contributed by atoms with Crippen molar-refractivity contribution in [3.63, 3.8) is 0 Å². The Balaban J connectivity index is 1.53. The zero-order valence-electron chi connectivity index (χ0n) is 20.5. The van der Waals surface area contributed by atoms with E-state index in [-0.39, 0.29) is 25.0 Å². The fourth-order valence-electron chi connectivity index (χ4n) is 3.40. The quantitative estimate of drug-likeness (QED) is 0.495. The van der Waals surface area contributed by atoms with Crippen LogP contribution in [-0.4, -0.2) is 30.0 Å². The van der Waals surface area contributed by atoms with Gasteiger partial charge in [0.25, 0.3) is 11.8 Å². The molecule has 1 aromatic heterocycles. The van der Waals surface area contributed by atoms with E-state index >= 15 is 0 Å². The second kappa shape index (κ2) is 10.8. The molecule has 0 saturated heterocycles. The monoisotopic (exact) mass is 461 g/mol. The molecule has 0 bridgehead atoms. The van der Waals surface area contributed by atoms with Crippen LogP contribution in [0.15, 0.2) is 42.5 Å². The molecule has 0 fully saturated rings. The number of benzene rings is 2. The van der Waals surface area contributed by atoms with Gasteiger partial charge in [-0.3, -0.25) is 9.59 Å². The van der Waals surface area contributed by atoms with Gasteiger partial charge in [-0.15, -0.1) is 0 Å². The van der Waals surface area contributed by atoms with E-state index in [9.17, 15) is 9.59 Å². The lowest BCUT2D eigenvalue weighted by molar-refractivity contribution is -0.118. The van der Waals surface area contributed by atoms with Gasteiger partial charge in [-0.1, -0.05) is 18.2 Å². The second-order valence-electron chi connectivity index (χ2n) is 8.49. The molecule has 0 aliphatic carbocycles. The number of hydrogen-bond acceptors (Lipinski definition) is 5. The van der Waals surface area contributed by atoms with Crippen molar-refractivity contribution in [2.45, 2.75) is 41.5 Å². The van der Waals surface area contributed by atoms with E-state index in [0.717, 1.165) is 22.3 Å². The van der Waals surface area contributed by atoms with Crippen molar-refractivity contribution in [3.8, 4) is 11.5 Å². The van der Waals surface area contributed by atoms with Crippen LogP contribution >= 0.6 is 0 Å². The number of anilines is 2. The SMILES string of the molecule is Cc1cc(C)c(OCC(=O)Nc2cccc(NC(=O)COc3cc(C)c(C)cc3C)n2)cc1C. The molecule has 0 aliphatic rings. The average Bonchev–Trinajstić information content (AvgIpc) is 2.77. The Bertz CT molecular complexity index is 1130. The Morgan fingerprint density at radius 1 is 0.647 bits per heavy atom. The lowest BCUT2D eigenvalue weighted by Crippen LogP contribution is -2.23. The number of pyridine rings is 1. The van der Waals surface area contributed by atoms with E-state index < -0.39 is 0 Å². The highest BCUT2D eigenvalue weighted by Crippen LogP contribution is 2.23. The molecule has 3 aromatic rings. The van der Waals surface area contributed by atoms with Crippen molar-refractivity contribution < 1.29 is 19.1 Å². The summed E-state index contributed by atoms with van der Waals surface area (Å²) >= 11 is 0. The molecule has 0 radical (unpaired) electrons. The number of nitrogens with one attached hydrogen (secondary N) is 2. The van der Waals surface area contributed by atoms with Crippen molar-refractivity contribution in [2.24, 2.45) is 0 Å². The van der Waals surface area contributed by atoms with E-state index in [1.54, 1.807) is 18.2 Å². The first-order valence-corrected chi connectivity index (χ1v) is 11.1. The molecular weight excluding hydrogens is 430 g/mol. The molecular formula is C27H31N3O4. The molecule has 0 aliphatic heterocycles. The fraction of sp³-hybridized carbons (Fsp3) is 0.296. The summed E-state index contributed by atoms with van der Waals surface area (Å²) in [6.07, 6.45) is 0. The van der Waals surface area contributed by atoms with Crippen molar-refractivity contribution in [3.05, 3.63) is 75.8 Å². The van der Waals surface area contributed by atoms with Crippen LogP contribution in [0, 0.1) is 41.5 Å². The molecule has 2 N–H and O–H groups in total. The Hall–Kier alpha value is -3.87. The Labute approximate surface area is 200 Å². The molecule has 2 amide bonds. The first kappa shape index (κ1) is 24.8. The highest BCUT2D eigenvalue weighted by atomic mass is 16.5. The average molecular weight is 462 g/mol. The van der Waals surface area contributed by atoms with Gasteiger partial charge in [0.05, 0.1) is 0 Å². The van der Waals surface area contributed by atoms with Gasteiger partial charge in [0, 0.05) is 0 Å². The molecule has 0 spiro atoms. The number of hydrogen-bond donors (Lipinski definition) is 2. The van der Waals surface area contributed by atoms with Gasteiger partial charge >= 0.3 is 0 Å². The summed E-state index contributed by atoms with van der Waals surface area (Å²) in [6.45, 7) is 11.7. The van der Waals surface area contributed by atoms with Gasteiger partial charge in [-0.2, -0.15) is 0 Å². The van der Waals surface area contributed by atoms with Crippen LogP contribution in [0.25, 0.3) is 0 Å². The highest BCUT2D eigenvalue weighted by Gasteiger charge is 2.11. The minimum Gasteiger partial charge on any atom is -0.483 e. The first-order chi connectivity index (χ1) is 16.1. The molecule has 3 rings (SSSR count). The van der Waals surface area contributed by atoms with Crippen LogP contribution in [0.4, 0.5) is 11.6 Å². The van der Waals surface area contributed by atoms with Crippen LogP contribution in [0.3, 0.4) is 0 Å². The molecule has 0 saturated carbocycles. The number of ether oxygens (including phenoxy) is 2. The van der Waals surface area contributed by atoms with Crippen molar-refractivity contribution in [2.75, 3.05) is 23.8 Å². The van der Waals surface area contributed by atoms with Crippen LogP contribution < -0.4 is 20.1 Å². The van der Waals surface area contributed by atoms with Crippen LogP contribution in [0.5, 0.6) is 11.5 Å². The lowest BCUT2D eigenvalue weighted by atomic mass is 10.1. The summed E-state index contributed by atoms with van der Waals surface area (Å²) < 4.78 is 11.3. The van der Waals surface area contributed by atoms with Gasteiger partial charge in [0.2, 0.25) is 0 Å². The molecule has 7 nitrogen and oxygen atoms in total. The molecule has 0 unspecified atom stereocenters. The zero-order chi connectivity index (χ0) is 24.8. The van der Waals surface area contributed by atoms with E-state index in [1.165, 1.54) is 11.1 Å². The Kier molecular flexibility index (Phi) is 7.89. The normalized spacial score (nSPS) is 10.5. The number of rotatable bonds is 8. The van der Waals surface area contributed by atoms with Gasteiger partial charge in [-0.05, 0) is 99.2 Å². The molecule has 2 aromatic carbocycles. The number of nitrogens with zero attached hydrogens (tertiary/aromatic N) is 1. The summed E-state index contributed by atoms with van der Waals surface area (Å²) in [4.78, 5) is 29.0. The largest absolute Gasteiger partial charge is 0.483 e.